The number of amides is 1. The van der Waals surface area contributed by atoms with Crippen LogP contribution >= 0.6 is 11.8 Å². The molecule has 1 atom stereocenters. The van der Waals surface area contributed by atoms with Gasteiger partial charge in [-0.05, 0) is 19.4 Å². The molecule has 1 rings (SSSR count). The van der Waals surface area contributed by atoms with Crippen molar-refractivity contribution in [2.45, 2.75) is 31.7 Å². The summed E-state index contributed by atoms with van der Waals surface area (Å²) in [6.45, 7) is 1.15. The molecule has 0 aromatic carbocycles. The quantitative estimate of drug-likeness (QED) is 0.646. The SMILES string of the molecule is NC(=O)CCSCC1CCCCN1. The van der Waals surface area contributed by atoms with Crippen LogP contribution in [0.2, 0.25) is 0 Å². The van der Waals surface area contributed by atoms with Gasteiger partial charge in [0, 0.05) is 24.0 Å². The normalized spacial score (nSPS) is 22.9. The van der Waals surface area contributed by atoms with Crippen LogP contribution in [-0.4, -0.2) is 30.0 Å². The van der Waals surface area contributed by atoms with Crippen LogP contribution in [0.1, 0.15) is 25.7 Å². The molecule has 3 nitrogen and oxygen atoms in total. The van der Waals surface area contributed by atoms with Gasteiger partial charge in [-0.15, -0.1) is 0 Å². The molecule has 3 N–H and O–H groups in total. The largest absolute Gasteiger partial charge is 0.370 e. The number of nitrogens with one attached hydrogen (secondary N) is 1. The van der Waals surface area contributed by atoms with Crippen LogP contribution in [0.5, 0.6) is 0 Å². The van der Waals surface area contributed by atoms with Crippen molar-refractivity contribution in [3.05, 3.63) is 0 Å². The number of carbonyl (C=O) groups is 1. The molecule has 4 heteroatoms. The van der Waals surface area contributed by atoms with Crippen LogP contribution in [0.15, 0.2) is 0 Å². The van der Waals surface area contributed by atoms with Crippen molar-refractivity contribution in [1.82, 2.24) is 5.32 Å². The minimum Gasteiger partial charge on any atom is -0.370 e. The van der Waals surface area contributed by atoms with Gasteiger partial charge in [0.1, 0.15) is 0 Å². The first kappa shape index (κ1) is 10.9. The van der Waals surface area contributed by atoms with E-state index in [4.69, 9.17) is 5.73 Å². The van der Waals surface area contributed by atoms with Gasteiger partial charge >= 0.3 is 0 Å². The van der Waals surface area contributed by atoms with Crippen LogP contribution in [0.25, 0.3) is 0 Å². The maximum atomic E-state index is 10.4. The van der Waals surface area contributed by atoms with E-state index < -0.39 is 0 Å². The zero-order valence-corrected chi connectivity index (χ0v) is 8.74. The summed E-state index contributed by atoms with van der Waals surface area (Å²) < 4.78 is 0. The van der Waals surface area contributed by atoms with E-state index in [0.29, 0.717) is 12.5 Å². The molecule has 13 heavy (non-hydrogen) atoms. The molecule has 0 saturated carbocycles. The van der Waals surface area contributed by atoms with Crippen LogP contribution in [0, 0.1) is 0 Å². The summed E-state index contributed by atoms with van der Waals surface area (Å²) in [6, 6.07) is 0.659. The van der Waals surface area contributed by atoms with E-state index in [2.05, 4.69) is 5.32 Å². The standard InChI is InChI=1S/C9H18N2OS/c10-9(12)4-6-13-7-8-3-1-2-5-11-8/h8,11H,1-7H2,(H2,10,12). The van der Waals surface area contributed by atoms with Gasteiger partial charge in [0.2, 0.25) is 5.91 Å². The number of hydrogen-bond donors (Lipinski definition) is 2. The lowest BCUT2D eigenvalue weighted by molar-refractivity contribution is -0.117. The lowest BCUT2D eigenvalue weighted by atomic mass is 10.1. The highest BCUT2D eigenvalue weighted by Crippen LogP contribution is 2.12. The monoisotopic (exact) mass is 202 g/mol. The van der Waals surface area contributed by atoms with Crippen molar-refractivity contribution < 1.29 is 4.79 Å². The van der Waals surface area contributed by atoms with Crippen molar-refractivity contribution in [3.8, 4) is 0 Å². The third-order valence-corrected chi connectivity index (χ3v) is 3.36. The first-order chi connectivity index (χ1) is 6.29. The van der Waals surface area contributed by atoms with Crippen molar-refractivity contribution in [2.75, 3.05) is 18.1 Å². The van der Waals surface area contributed by atoms with Crippen molar-refractivity contribution in [1.29, 1.82) is 0 Å². The molecule has 0 aromatic heterocycles. The number of hydrogen-bond acceptors (Lipinski definition) is 3. The van der Waals surface area contributed by atoms with E-state index in [-0.39, 0.29) is 5.91 Å². The van der Waals surface area contributed by atoms with Gasteiger partial charge in [-0.1, -0.05) is 6.42 Å². The van der Waals surface area contributed by atoms with Gasteiger partial charge in [-0.25, -0.2) is 0 Å². The number of piperidine rings is 1. The lowest BCUT2D eigenvalue weighted by Crippen LogP contribution is -2.35. The predicted octanol–water partition coefficient (Wildman–Crippen LogP) is 0.737. The zero-order chi connectivity index (χ0) is 9.52. The van der Waals surface area contributed by atoms with E-state index in [9.17, 15) is 4.79 Å². The maximum absolute atomic E-state index is 10.4. The highest BCUT2D eigenvalue weighted by atomic mass is 32.2. The first-order valence-corrected chi connectivity index (χ1v) is 6.04. The Morgan fingerprint density at radius 2 is 2.38 bits per heavy atom. The summed E-state index contributed by atoms with van der Waals surface area (Å²) in [5, 5.41) is 3.47. The predicted molar refractivity (Wildman–Crippen MR) is 56.8 cm³/mol. The smallest absolute Gasteiger partial charge is 0.218 e. The summed E-state index contributed by atoms with van der Waals surface area (Å²) in [5.41, 5.74) is 5.04. The van der Waals surface area contributed by atoms with Gasteiger partial charge in [0.05, 0.1) is 0 Å². The molecule has 1 aliphatic rings. The molecule has 0 bridgehead atoms. The highest BCUT2D eigenvalue weighted by molar-refractivity contribution is 7.99. The lowest BCUT2D eigenvalue weighted by Gasteiger charge is -2.22. The Labute approximate surface area is 83.8 Å². The number of nitrogens with two attached hydrogens (primary N) is 1. The number of thioether (sulfide) groups is 1. The molecule has 1 amide bonds. The average molecular weight is 202 g/mol. The average Bonchev–Trinajstić information content (AvgIpc) is 2.14. The van der Waals surface area contributed by atoms with Crippen molar-refractivity contribution >= 4 is 17.7 Å². The van der Waals surface area contributed by atoms with E-state index in [1.807, 2.05) is 11.8 Å². The fraction of sp³-hybridized carbons (Fsp3) is 0.889. The molecule has 0 aromatic rings. The molecule has 1 heterocycles. The Morgan fingerprint density at radius 3 is 3.00 bits per heavy atom. The van der Waals surface area contributed by atoms with Crippen LogP contribution in [-0.2, 0) is 4.79 Å². The molecule has 0 spiro atoms. The number of carbonyl (C=O) groups excluding carboxylic acids is 1. The molecule has 0 aliphatic carbocycles. The van der Waals surface area contributed by atoms with Gasteiger partial charge in [-0.2, -0.15) is 11.8 Å². The van der Waals surface area contributed by atoms with E-state index in [1.165, 1.54) is 19.3 Å². The minimum absolute atomic E-state index is 0.191. The minimum atomic E-state index is -0.191. The van der Waals surface area contributed by atoms with Gasteiger partial charge < -0.3 is 11.1 Å². The van der Waals surface area contributed by atoms with Crippen LogP contribution in [0.3, 0.4) is 0 Å². The second-order valence-corrected chi connectivity index (χ2v) is 4.59. The zero-order valence-electron chi connectivity index (χ0n) is 7.92. The topological polar surface area (TPSA) is 55.1 Å². The van der Waals surface area contributed by atoms with Gasteiger partial charge in [-0.3, -0.25) is 4.79 Å². The summed E-state index contributed by atoms with van der Waals surface area (Å²) in [5.74, 6) is 1.80. The van der Waals surface area contributed by atoms with E-state index in [1.54, 1.807) is 0 Å². The van der Waals surface area contributed by atoms with Crippen molar-refractivity contribution in [2.24, 2.45) is 5.73 Å². The Hall–Kier alpha value is -0.220. The van der Waals surface area contributed by atoms with E-state index in [0.717, 1.165) is 18.1 Å². The molecule has 0 radical (unpaired) electrons. The fourth-order valence-electron chi connectivity index (χ4n) is 1.46. The van der Waals surface area contributed by atoms with E-state index >= 15 is 0 Å². The Kier molecular flexibility index (Phi) is 5.23. The Morgan fingerprint density at radius 1 is 1.54 bits per heavy atom. The Balaban J connectivity index is 1.95. The van der Waals surface area contributed by atoms with Gasteiger partial charge in [0.15, 0.2) is 0 Å². The second-order valence-electron chi connectivity index (χ2n) is 3.44. The summed E-state index contributed by atoms with van der Waals surface area (Å²) in [6.07, 6.45) is 4.44. The number of rotatable bonds is 5. The second kappa shape index (κ2) is 6.27. The van der Waals surface area contributed by atoms with Crippen molar-refractivity contribution in [3.63, 3.8) is 0 Å². The Bertz CT molecular complexity index is 158. The molecule has 76 valence electrons. The molecule has 1 saturated heterocycles. The summed E-state index contributed by atoms with van der Waals surface area (Å²) >= 11 is 1.82. The van der Waals surface area contributed by atoms with Crippen LogP contribution < -0.4 is 11.1 Å². The summed E-state index contributed by atoms with van der Waals surface area (Å²) in [7, 11) is 0. The third kappa shape index (κ3) is 5.16. The highest BCUT2D eigenvalue weighted by Gasteiger charge is 2.11. The molecule has 1 fully saturated rings. The fourth-order valence-corrected chi connectivity index (χ4v) is 2.55. The summed E-state index contributed by atoms with van der Waals surface area (Å²) in [4.78, 5) is 10.4. The maximum Gasteiger partial charge on any atom is 0.218 e. The molecule has 1 aliphatic heterocycles. The molecule has 1 unspecified atom stereocenters. The molecular weight excluding hydrogens is 184 g/mol. The van der Waals surface area contributed by atoms with Crippen LogP contribution in [0.4, 0.5) is 0 Å². The number of primary amides is 1. The first-order valence-electron chi connectivity index (χ1n) is 4.88. The molecular formula is C9H18N2OS. The third-order valence-electron chi connectivity index (χ3n) is 2.22. The van der Waals surface area contributed by atoms with Gasteiger partial charge in [0.25, 0.3) is 0 Å².